The number of carbonyl (C=O) groups excluding carboxylic acids is 1. The van der Waals surface area contributed by atoms with Crippen LogP contribution in [0.25, 0.3) is 0 Å². The summed E-state index contributed by atoms with van der Waals surface area (Å²) in [4.78, 5) is 21.2. The van der Waals surface area contributed by atoms with Crippen molar-refractivity contribution in [2.24, 2.45) is 5.92 Å². The maximum absolute atomic E-state index is 12.7. The second-order valence-corrected chi connectivity index (χ2v) is 8.45. The molecule has 0 bridgehead atoms. The predicted molar refractivity (Wildman–Crippen MR) is 117 cm³/mol. The highest BCUT2D eigenvalue weighted by Crippen LogP contribution is 2.31. The van der Waals surface area contributed by atoms with Crippen LogP contribution < -0.4 is 0 Å². The van der Waals surface area contributed by atoms with E-state index in [2.05, 4.69) is 16.0 Å². The molecule has 1 heterocycles. The lowest BCUT2D eigenvalue weighted by atomic mass is 10.2. The van der Waals surface area contributed by atoms with Crippen molar-refractivity contribution in [1.82, 2.24) is 14.8 Å². The van der Waals surface area contributed by atoms with Crippen LogP contribution in [0.15, 0.2) is 65.3 Å². The minimum absolute atomic E-state index is 0.141. The van der Waals surface area contributed by atoms with Gasteiger partial charge in [-0.2, -0.15) is 0 Å². The zero-order valence-corrected chi connectivity index (χ0v) is 17.9. The number of oxazole rings is 1. The van der Waals surface area contributed by atoms with Gasteiger partial charge < -0.3 is 9.32 Å². The van der Waals surface area contributed by atoms with Crippen molar-refractivity contribution < 1.29 is 9.21 Å². The SMILES string of the molecule is CN(Cc1ccccc1)C(=O)c1coc(CN(Cc2cccc(Cl)c2)CC2CC2)n1. The number of hydrogen-bond donors (Lipinski definition) is 0. The van der Waals surface area contributed by atoms with Gasteiger partial charge >= 0.3 is 0 Å². The van der Waals surface area contributed by atoms with Gasteiger partial charge in [0.05, 0.1) is 6.54 Å². The molecule has 0 spiro atoms. The van der Waals surface area contributed by atoms with E-state index in [0.717, 1.165) is 35.2 Å². The second-order valence-electron chi connectivity index (χ2n) is 8.02. The number of benzene rings is 2. The maximum Gasteiger partial charge on any atom is 0.275 e. The topological polar surface area (TPSA) is 49.6 Å². The van der Waals surface area contributed by atoms with Crippen molar-refractivity contribution in [3.8, 4) is 0 Å². The molecule has 0 atom stereocenters. The number of amides is 1. The van der Waals surface area contributed by atoms with E-state index in [4.69, 9.17) is 16.0 Å². The van der Waals surface area contributed by atoms with Gasteiger partial charge in [0.2, 0.25) is 5.89 Å². The molecule has 0 radical (unpaired) electrons. The Morgan fingerprint density at radius 3 is 2.57 bits per heavy atom. The van der Waals surface area contributed by atoms with Crippen molar-refractivity contribution in [2.45, 2.75) is 32.5 Å². The van der Waals surface area contributed by atoms with Gasteiger partial charge in [0.15, 0.2) is 5.69 Å². The van der Waals surface area contributed by atoms with Crippen LogP contribution in [0.2, 0.25) is 5.02 Å². The summed E-state index contributed by atoms with van der Waals surface area (Å²) in [5, 5.41) is 0.740. The van der Waals surface area contributed by atoms with Crippen LogP contribution in [-0.4, -0.2) is 34.3 Å². The highest BCUT2D eigenvalue weighted by Gasteiger charge is 2.26. The van der Waals surface area contributed by atoms with Gasteiger partial charge in [-0.3, -0.25) is 9.69 Å². The molecule has 5 nitrogen and oxygen atoms in total. The summed E-state index contributed by atoms with van der Waals surface area (Å²) in [6, 6.07) is 17.8. The molecule has 4 rings (SSSR count). The lowest BCUT2D eigenvalue weighted by Crippen LogP contribution is -2.27. The molecular formula is C24H26ClN3O2. The summed E-state index contributed by atoms with van der Waals surface area (Å²) in [5.41, 5.74) is 2.58. The van der Waals surface area contributed by atoms with E-state index >= 15 is 0 Å². The molecule has 0 aliphatic heterocycles. The van der Waals surface area contributed by atoms with E-state index in [1.54, 1.807) is 11.9 Å². The first kappa shape index (κ1) is 20.6. The normalized spacial score (nSPS) is 13.6. The monoisotopic (exact) mass is 423 g/mol. The van der Waals surface area contributed by atoms with Crippen LogP contribution in [-0.2, 0) is 19.6 Å². The van der Waals surface area contributed by atoms with E-state index < -0.39 is 0 Å². The van der Waals surface area contributed by atoms with Crippen molar-refractivity contribution in [1.29, 1.82) is 0 Å². The van der Waals surface area contributed by atoms with E-state index in [1.165, 1.54) is 19.1 Å². The standard InChI is InChI=1S/C24H26ClN3O2/c1-27(13-18-6-3-2-4-7-18)24(29)22-17-30-23(26-22)16-28(14-19-10-11-19)15-20-8-5-9-21(25)12-20/h2-9,12,17,19H,10-11,13-16H2,1H3. The Morgan fingerprint density at radius 1 is 1.07 bits per heavy atom. The van der Waals surface area contributed by atoms with Gasteiger partial charge in [0.1, 0.15) is 6.26 Å². The first-order valence-electron chi connectivity index (χ1n) is 10.3. The van der Waals surface area contributed by atoms with Gasteiger partial charge in [-0.1, -0.05) is 54.1 Å². The van der Waals surface area contributed by atoms with Crippen molar-refractivity contribution in [3.63, 3.8) is 0 Å². The van der Waals surface area contributed by atoms with Crippen LogP contribution in [0.3, 0.4) is 0 Å². The third-order valence-electron chi connectivity index (χ3n) is 5.25. The molecule has 1 aromatic heterocycles. The number of rotatable bonds is 9. The molecule has 2 aromatic carbocycles. The van der Waals surface area contributed by atoms with E-state index in [-0.39, 0.29) is 5.91 Å². The number of hydrogen-bond acceptors (Lipinski definition) is 4. The first-order valence-corrected chi connectivity index (χ1v) is 10.6. The highest BCUT2D eigenvalue weighted by molar-refractivity contribution is 6.30. The molecule has 156 valence electrons. The van der Waals surface area contributed by atoms with Gasteiger partial charge in [-0.15, -0.1) is 0 Å². The first-order chi connectivity index (χ1) is 14.6. The number of halogens is 1. The molecule has 1 aliphatic carbocycles. The van der Waals surface area contributed by atoms with Crippen molar-refractivity contribution in [3.05, 3.63) is 88.6 Å². The maximum atomic E-state index is 12.7. The number of carbonyl (C=O) groups is 1. The Bertz CT molecular complexity index is 985. The van der Waals surface area contributed by atoms with Crippen LogP contribution in [0.1, 0.15) is 40.3 Å². The molecule has 3 aromatic rings. The minimum atomic E-state index is -0.141. The fourth-order valence-electron chi connectivity index (χ4n) is 3.54. The highest BCUT2D eigenvalue weighted by atomic mass is 35.5. The zero-order chi connectivity index (χ0) is 20.9. The summed E-state index contributed by atoms with van der Waals surface area (Å²) in [6.45, 7) is 2.87. The lowest BCUT2D eigenvalue weighted by molar-refractivity contribution is 0.0779. The molecule has 1 fully saturated rings. The van der Waals surface area contributed by atoms with Crippen LogP contribution in [0, 0.1) is 5.92 Å². The van der Waals surface area contributed by atoms with Crippen molar-refractivity contribution >= 4 is 17.5 Å². The molecule has 1 saturated carbocycles. The molecule has 6 heteroatoms. The quantitative estimate of drug-likeness (QED) is 0.485. The Balaban J connectivity index is 1.40. The molecule has 0 unspecified atom stereocenters. The fourth-order valence-corrected chi connectivity index (χ4v) is 3.75. The third-order valence-corrected chi connectivity index (χ3v) is 5.48. The Kier molecular flexibility index (Phi) is 6.50. The fraction of sp³-hybridized carbons (Fsp3) is 0.333. The van der Waals surface area contributed by atoms with Crippen LogP contribution in [0.4, 0.5) is 0 Å². The number of nitrogens with zero attached hydrogens (tertiary/aromatic N) is 3. The van der Waals surface area contributed by atoms with E-state index in [9.17, 15) is 4.79 Å². The molecule has 0 saturated heterocycles. The summed E-state index contributed by atoms with van der Waals surface area (Å²) in [6.07, 6.45) is 4.01. The molecule has 0 N–H and O–H groups in total. The molecule has 1 aliphatic rings. The third kappa shape index (κ3) is 5.71. The second kappa shape index (κ2) is 9.45. The molecule has 30 heavy (non-hydrogen) atoms. The molecule has 1 amide bonds. The Hall–Kier alpha value is -2.63. The molecular weight excluding hydrogens is 398 g/mol. The van der Waals surface area contributed by atoms with Crippen molar-refractivity contribution in [2.75, 3.05) is 13.6 Å². The van der Waals surface area contributed by atoms with Gasteiger partial charge in [-0.25, -0.2) is 4.98 Å². The zero-order valence-electron chi connectivity index (χ0n) is 17.1. The Morgan fingerprint density at radius 2 is 1.83 bits per heavy atom. The predicted octanol–water partition coefficient (Wildman–Crippen LogP) is 5.01. The van der Waals surface area contributed by atoms with Crippen LogP contribution >= 0.6 is 11.6 Å². The van der Waals surface area contributed by atoms with E-state index in [0.29, 0.717) is 24.7 Å². The van der Waals surface area contributed by atoms with Gasteiger partial charge in [0, 0.05) is 31.7 Å². The van der Waals surface area contributed by atoms with Gasteiger partial charge in [0.25, 0.3) is 5.91 Å². The summed E-state index contributed by atoms with van der Waals surface area (Å²) < 4.78 is 5.65. The van der Waals surface area contributed by atoms with Gasteiger partial charge in [-0.05, 0) is 42.0 Å². The minimum Gasteiger partial charge on any atom is -0.447 e. The van der Waals surface area contributed by atoms with E-state index in [1.807, 2.05) is 48.5 Å². The lowest BCUT2D eigenvalue weighted by Gasteiger charge is -2.20. The Labute approximate surface area is 182 Å². The summed E-state index contributed by atoms with van der Waals surface area (Å²) >= 11 is 6.14. The average Bonchev–Trinajstić information content (AvgIpc) is 3.43. The number of aromatic nitrogens is 1. The summed E-state index contributed by atoms with van der Waals surface area (Å²) in [7, 11) is 1.78. The summed E-state index contributed by atoms with van der Waals surface area (Å²) in [5.74, 6) is 1.16. The largest absolute Gasteiger partial charge is 0.447 e. The smallest absolute Gasteiger partial charge is 0.275 e. The average molecular weight is 424 g/mol. The van der Waals surface area contributed by atoms with Crippen LogP contribution in [0.5, 0.6) is 0 Å².